The highest BCUT2D eigenvalue weighted by Crippen LogP contribution is 2.36. The molecule has 17 atom stereocenters. The van der Waals surface area contributed by atoms with Crippen LogP contribution in [0.1, 0.15) is 91.1 Å². The van der Waals surface area contributed by atoms with E-state index in [1.807, 2.05) is 26.8 Å². The van der Waals surface area contributed by atoms with Crippen LogP contribution in [0.15, 0.2) is 30.0 Å². The highest BCUT2D eigenvalue weighted by molar-refractivity contribution is 5.91. The monoisotopic (exact) mass is 925 g/mol. The number of methoxy groups -OCH3 is 2. The highest BCUT2D eigenvalue weighted by atomic mass is 16.7. The van der Waals surface area contributed by atoms with E-state index < -0.39 is 116 Å². The van der Waals surface area contributed by atoms with E-state index in [0.29, 0.717) is 19.3 Å². The Balaban J connectivity index is 1.67. The molecule has 4 rings (SSSR count). The fourth-order valence-electron chi connectivity index (χ4n) is 9.20. The van der Waals surface area contributed by atoms with Gasteiger partial charge in [0.15, 0.2) is 24.1 Å². The Hall–Kier alpha value is -3.21. The lowest BCUT2D eigenvalue weighted by Crippen LogP contribution is -2.63. The molecule has 370 valence electrons. The quantitative estimate of drug-likeness (QED) is 0.174. The van der Waals surface area contributed by atoms with Crippen LogP contribution in [0.5, 0.6) is 0 Å². The second-order valence-electron chi connectivity index (χ2n) is 18.1. The molecule has 1 aromatic rings. The number of carbonyl (C=O) groups excluding carboxylic acids is 3. The minimum Gasteiger partial charge on any atom is -0.462 e. The number of rotatable bonds is 16. The van der Waals surface area contributed by atoms with Gasteiger partial charge in [-0.25, -0.2) is 4.79 Å². The van der Waals surface area contributed by atoms with Gasteiger partial charge in [-0.1, -0.05) is 43.7 Å². The summed E-state index contributed by atoms with van der Waals surface area (Å²) in [5.74, 6) is -4.06. The number of hydrogen-bond donors (Lipinski definition) is 4. The third-order valence-corrected chi connectivity index (χ3v) is 13.0. The van der Waals surface area contributed by atoms with Crippen LogP contribution in [0.4, 0.5) is 0 Å². The molecule has 19 heteroatoms. The Morgan fingerprint density at radius 3 is 2.28 bits per heavy atom. The molecule has 0 radical (unpaired) electrons. The first kappa shape index (κ1) is 54.4. The molecule has 4 N–H and O–H groups in total. The maximum absolute atomic E-state index is 14.0. The lowest BCUT2D eigenvalue weighted by Gasteiger charge is -2.46. The van der Waals surface area contributed by atoms with Gasteiger partial charge in [0, 0.05) is 44.4 Å². The summed E-state index contributed by atoms with van der Waals surface area (Å²) in [4.78, 5) is 41.9. The first-order chi connectivity index (χ1) is 30.8. The van der Waals surface area contributed by atoms with Crippen molar-refractivity contribution in [1.29, 1.82) is 0 Å². The van der Waals surface area contributed by atoms with E-state index >= 15 is 0 Å². The van der Waals surface area contributed by atoms with Gasteiger partial charge in [-0.05, 0) is 79.5 Å². The molecular formula is C46H76N4O15. The Labute approximate surface area is 383 Å². The zero-order valence-corrected chi connectivity index (χ0v) is 40.1. The molecule has 65 heavy (non-hydrogen) atoms. The number of carbonyl (C=O) groups is 3. The molecule has 2 fully saturated rings. The summed E-state index contributed by atoms with van der Waals surface area (Å²) in [5.41, 5.74) is 0.783. The summed E-state index contributed by atoms with van der Waals surface area (Å²) >= 11 is 0. The van der Waals surface area contributed by atoms with Crippen molar-refractivity contribution in [3.05, 3.63) is 35.7 Å². The van der Waals surface area contributed by atoms with Crippen LogP contribution >= 0.6 is 0 Å². The highest BCUT2D eigenvalue weighted by Gasteiger charge is 2.48. The SMILES string of the molecule is CCOC(=O)c1cn(CC[C@H]2C[C@@H](C)C(=O)/C=C/C(C)=C/[C@H](CCO[C@@H]3OC(C)[C@@H](O)[C@H](COC)C3OC)[C@@H](CC)OC(=O)C[C@@H](O)[C@H](C)[C@H]2O[C@@H]2O[C@H](C)[C@@H](O)C(N(C)C)C2O)nn1. The number of likely N-dealkylation sites (N-methyl/N-ethyl adjacent to an activating group) is 1. The van der Waals surface area contributed by atoms with Crippen molar-refractivity contribution in [2.24, 2.45) is 29.6 Å². The van der Waals surface area contributed by atoms with Gasteiger partial charge < -0.3 is 63.2 Å². The standard InChI is InChI=1S/C46H76N4O15/c1-12-36-30(17-19-61-46-43(59-11)32(24-58-10)39(54)28(6)63-46)20-25(3)14-15-34(51)26(4)21-31(16-18-50-23-33(47-48-50)44(57)60-13-2)42(27(5)35(52)22-37(53)64-36)65-45-41(56)38(49(8)9)40(55)29(7)62-45/h14-15,20,23,26-32,35-36,38-43,45-46,52,54-56H,12-13,16-19,21-22,24H2,1-11H3/b15-14+,25-20+/t26-,27+,28?,29-,30+,31+,32+,35-,36-,38?,39-,40-,41?,42-,43?,45+,46-/m1/s1. The first-order valence-corrected chi connectivity index (χ1v) is 23.0. The molecular weight excluding hydrogens is 849 g/mol. The summed E-state index contributed by atoms with van der Waals surface area (Å²) in [5, 5.41) is 53.4. The van der Waals surface area contributed by atoms with Crippen molar-refractivity contribution in [2.75, 3.05) is 48.1 Å². The number of esters is 2. The molecule has 0 spiro atoms. The number of aliphatic hydroxyl groups excluding tert-OH is 4. The molecule has 3 aliphatic rings. The third-order valence-electron chi connectivity index (χ3n) is 13.0. The van der Waals surface area contributed by atoms with Crippen LogP contribution in [0.25, 0.3) is 0 Å². The van der Waals surface area contributed by atoms with Crippen LogP contribution in [0.2, 0.25) is 0 Å². The molecule has 0 aromatic carbocycles. The van der Waals surface area contributed by atoms with Gasteiger partial charge in [0.25, 0.3) is 0 Å². The summed E-state index contributed by atoms with van der Waals surface area (Å²) in [6.45, 7) is 13.2. The molecule has 19 nitrogen and oxygen atoms in total. The normalized spacial score (nSPS) is 38.2. The van der Waals surface area contributed by atoms with Gasteiger partial charge in [0.05, 0.1) is 75.1 Å². The maximum atomic E-state index is 14.0. The number of aliphatic hydroxyl groups is 4. The summed E-state index contributed by atoms with van der Waals surface area (Å²) in [6, 6.07) is -0.757. The number of ketones is 1. The fraction of sp³-hybridized carbons (Fsp3) is 0.804. The number of aromatic nitrogens is 3. The maximum Gasteiger partial charge on any atom is 0.360 e. The number of hydrogen-bond acceptors (Lipinski definition) is 18. The molecule has 0 amide bonds. The summed E-state index contributed by atoms with van der Waals surface area (Å²) in [7, 11) is 6.54. The molecule has 4 unspecified atom stereocenters. The first-order valence-electron chi connectivity index (χ1n) is 23.0. The van der Waals surface area contributed by atoms with Crippen LogP contribution in [-0.2, 0) is 54.0 Å². The van der Waals surface area contributed by atoms with E-state index in [0.717, 1.165) is 5.57 Å². The lowest BCUT2D eigenvalue weighted by molar-refractivity contribution is -0.304. The average molecular weight is 925 g/mol. The van der Waals surface area contributed by atoms with Crippen LogP contribution in [0, 0.1) is 29.6 Å². The van der Waals surface area contributed by atoms with E-state index in [2.05, 4.69) is 10.3 Å². The third kappa shape index (κ3) is 14.6. The zero-order valence-electron chi connectivity index (χ0n) is 40.1. The van der Waals surface area contributed by atoms with Crippen molar-refractivity contribution in [3.63, 3.8) is 0 Å². The Morgan fingerprint density at radius 2 is 1.63 bits per heavy atom. The molecule has 4 heterocycles. The smallest absolute Gasteiger partial charge is 0.360 e. The molecule has 3 aliphatic heterocycles. The summed E-state index contributed by atoms with van der Waals surface area (Å²) in [6.07, 6.45) is -2.35. The minimum absolute atomic E-state index is 0.0302. The van der Waals surface area contributed by atoms with Gasteiger partial charge in [-0.2, -0.15) is 0 Å². The molecule has 2 saturated heterocycles. The average Bonchev–Trinajstić information content (AvgIpc) is 3.74. The van der Waals surface area contributed by atoms with Crippen LogP contribution < -0.4 is 0 Å². The number of aryl methyl sites for hydroxylation is 1. The van der Waals surface area contributed by atoms with Crippen molar-refractivity contribution in [3.8, 4) is 0 Å². The van der Waals surface area contributed by atoms with Crippen molar-refractivity contribution < 1.29 is 72.7 Å². The topological polar surface area (TPSA) is 240 Å². The van der Waals surface area contributed by atoms with E-state index in [1.165, 1.54) is 24.1 Å². The predicted octanol–water partition coefficient (Wildman–Crippen LogP) is 2.47. The van der Waals surface area contributed by atoms with Crippen LogP contribution in [-0.4, -0.2) is 180 Å². The van der Waals surface area contributed by atoms with Gasteiger partial charge in [-0.3, -0.25) is 14.3 Å². The minimum atomic E-state index is -1.32. The number of allylic oxidation sites excluding steroid dienone is 3. The second-order valence-corrected chi connectivity index (χ2v) is 18.1. The second kappa shape index (κ2) is 25.8. The Bertz CT molecular complexity index is 1710. The predicted molar refractivity (Wildman–Crippen MR) is 235 cm³/mol. The van der Waals surface area contributed by atoms with Crippen molar-refractivity contribution in [1.82, 2.24) is 19.9 Å². The van der Waals surface area contributed by atoms with Gasteiger partial charge in [-0.15, -0.1) is 5.10 Å². The van der Waals surface area contributed by atoms with Crippen molar-refractivity contribution in [2.45, 2.75) is 161 Å². The number of cyclic esters (lactones) is 1. The number of nitrogens with zero attached hydrogens (tertiary/aromatic N) is 4. The van der Waals surface area contributed by atoms with E-state index in [4.69, 9.17) is 37.9 Å². The van der Waals surface area contributed by atoms with Gasteiger partial charge >= 0.3 is 11.9 Å². The van der Waals surface area contributed by atoms with E-state index in [1.54, 1.807) is 59.9 Å². The molecule has 0 aliphatic carbocycles. The molecule has 0 saturated carbocycles. The molecule has 1 aromatic heterocycles. The van der Waals surface area contributed by atoms with E-state index in [9.17, 15) is 34.8 Å². The fourth-order valence-corrected chi connectivity index (χ4v) is 9.20. The Kier molecular flexibility index (Phi) is 21.6. The Morgan fingerprint density at radius 1 is 0.938 bits per heavy atom. The number of ether oxygens (including phenoxy) is 8. The summed E-state index contributed by atoms with van der Waals surface area (Å²) < 4.78 is 48.8. The van der Waals surface area contributed by atoms with Crippen LogP contribution in [0.3, 0.4) is 0 Å². The van der Waals surface area contributed by atoms with Gasteiger partial charge in [0.2, 0.25) is 0 Å². The van der Waals surface area contributed by atoms with E-state index in [-0.39, 0.29) is 50.2 Å². The lowest BCUT2D eigenvalue weighted by atomic mass is 9.79. The zero-order chi connectivity index (χ0) is 48.1. The largest absolute Gasteiger partial charge is 0.462 e. The van der Waals surface area contributed by atoms with Crippen molar-refractivity contribution >= 4 is 17.7 Å². The van der Waals surface area contributed by atoms with Gasteiger partial charge in [0.1, 0.15) is 18.3 Å². The molecule has 0 bridgehead atoms.